The summed E-state index contributed by atoms with van der Waals surface area (Å²) in [5.41, 5.74) is 0.711. The molecule has 6 nitrogen and oxygen atoms in total. The van der Waals surface area contributed by atoms with Crippen molar-refractivity contribution in [3.63, 3.8) is 0 Å². The van der Waals surface area contributed by atoms with Crippen LogP contribution < -0.4 is 14.8 Å². The highest BCUT2D eigenvalue weighted by Gasteiger charge is 2.19. The molecule has 0 aliphatic carbocycles. The summed E-state index contributed by atoms with van der Waals surface area (Å²) in [4.78, 5) is 11.7. The molecule has 2 N–H and O–H groups in total. The first-order valence-electron chi connectivity index (χ1n) is 6.23. The van der Waals surface area contributed by atoms with E-state index in [4.69, 9.17) is 4.74 Å². The van der Waals surface area contributed by atoms with Crippen molar-refractivity contribution < 1.29 is 17.9 Å². The van der Waals surface area contributed by atoms with Crippen LogP contribution in [0.5, 0.6) is 5.75 Å². The van der Waals surface area contributed by atoms with Crippen LogP contribution in [-0.4, -0.2) is 34.2 Å². The Morgan fingerprint density at radius 2 is 1.90 bits per heavy atom. The van der Waals surface area contributed by atoms with E-state index >= 15 is 0 Å². The number of carbonyl (C=O) groups excluding carboxylic acids is 1. The predicted molar refractivity (Wildman–Crippen MR) is 77.0 cm³/mol. The topological polar surface area (TPSA) is 84.5 Å². The minimum atomic E-state index is -3.41. The molecule has 0 aliphatic heterocycles. The third-order valence-corrected chi connectivity index (χ3v) is 3.35. The number of hydrogen-bond donors (Lipinski definition) is 2. The van der Waals surface area contributed by atoms with E-state index in [9.17, 15) is 13.2 Å². The minimum absolute atomic E-state index is 0.0488. The van der Waals surface area contributed by atoms with Gasteiger partial charge in [0.25, 0.3) is 0 Å². The molecule has 0 heterocycles. The molecule has 7 heteroatoms. The first kappa shape index (κ1) is 16.5. The van der Waals surface area contributed by atoms with Crippen LogP contribution >= 0.6 is 0 Å². The fourth-order valence-corrected chi connectivity index (χ4v) is 2.51. The number of nitrogens with one attached hydrogen (secondary N) is 2. The fourth-order valence-electron chi connectivity index (χ4n) is 1.78. The van der Waals surface area contributed by atoms with Gasteiger partial charge in [0, 0.05) is 13.0 Å². The average Bonchev–Trinajstić information content (AvgIpc) is 2.37. The molecule has 1 unspecified atom stereocenters. The molecule has 20 heavy (non-hydrogen) atoms. The number of ether oxygens (including phenoxy) is 1. The molecule has 0 aromatic heterocycles. The molecular formula is C13H20N2O4S. The van der Waals surface area contributed by atoms with Crippen molar-refractivity contribution in [2.24, 2.45) is 0 Å². The third-order valence-electron chi connectivity index (χ3n) is 2.64. The van der Waals surface area contributed by atoms with Gasteiger partial charge in [-0.25, -0.2) is 13.1 Å². The number of hydrogen-bond acceptors (Lipinski definition) is 4. The van der Waals surface area contributed by atoms with Crippen molar-refractivity contribution in [2.45, 2.75) is 19.4 Å². The van der Waals surface area contributed by atoms with Crippen molar-refractivity contribution in [1.29, 1.82) is 0 Å². The highest BCUT2D eigenvalue weighted by molar-refractivity contribution is 7.88. The second-order valence-electron chi connectivity index (χ2n) is 4.37. The lowest BCUT2D eigenvalue weighted by atomic mass is 10.0. The van der Waals surface area contributed by atoms with Gasteiger partial charge >= 0.3 is 0 Å². The number of carbonyl (C=O) groups is 1. The molecule has 1 atom stereocenters. The maximum Gasteiger partial charge on any atom is 0.221 e. The van der Waals surface area contributed by atoms with Crippen molar-refractivity contribution in [2.75, 3.05) is 19.9 Å². The summed E-state index contributed by atoms with van der Waals surface area (Å²) in [7, 11) is -1.86. The Bertz CT molecular complexity index is 540. The quantitative estimate of drug-likeness (QED) is 0.780. The molecule has 0 aliphatic rings. The van der Waals surface area contributed by atoms with Crippen LogP contribution in [0.25, 0.3) is 0 Å². The number of benzene rings is 1. The summed E-state index contributed by atoms with van der Waals surface area (Å²) >= 11 is 0. The normalized spacial score (nSPS) is 12.8. The monoisotopic (exact) mass is 300 g/mol. The molecular weight excluding hydrogens is 280 g/mol. The summed E-state index contributed by atoms with van der Waals surface area (Å²) in [5.74, 6) is 0.467. The number of methoxy groups -OCH3 is 1. The van der Waals surface area contributed by atoms with Gasteiger partial charge in [0.2, 0.25) is 15.9 Å². The first-order valence-corrected chi connectivity index (χ1v) is 8.12. The zero-order valence-corrected chi connectivity index (χ0v) is 12.7. The van der Waals surface area contributed by atoms with Crippen LogP contribution in [0.15, 0.2) is 24.3 Å². The van der Waals surface area contributed by atoms with Gasteiger partial charge in [0.15, 0.2) is 0 Å². The molecule has 0 spiro atoms. The Balaban J connectivity index is 2.93. The van der Waals surface area contributed by atoms with E-state index in [0.717, 1.165) is 6.26 Å². The molecule has 0 radical (unpaired) electrons. The van der Waals surface area contributed by atoms with Gasteiger partial charge in [-0.15, -0.1) is 0 Å². The number of sulfonamides is 1. The summed E-state index contributed by atoms with van der Waals surface area (Å²) in [6, 6.07) is 6.33. The Labute approximate surface area is 119 Å². The van der Waals surface area contributed by atoms with Crippen LogP contribution in [0.3, 0.4) is 0 Å². The molecule has 1 rings (SSSR count). The third kappa shape index (κ3) is 5.58. The van der Waals surface area contributed by atoms with Crippen molar-refractivity contribution in [3.8, 4) is 5.75 Å². The molecule has 112 valence electrons. The van der Waals surface area contributed by atoms with Gasteiger partial charge in [0.05, 0.1) is 19.4 Å². The van der Waals surface area contributed by atoms with Crippen LogP contribution in [-0.2, 0) is 14.8 Å². The molecule has 1 amide bonds. The smallest absolute Gasteiger partial charge is 0.221 e. The SMILES string of the molecule is CCNC(=O)CC(NS(C)(=O)=O)c1ccc(OC)cc1. The fraction of sp³-hybridized carbons (Fsp3) is 0.462. The molecule has 1 aromatic carbocycles. The Morgan fingerprint density at radius 1 is 1.30 bits per heavy atom. The maximum absolute atomic E-state index is 11.7. The van der Waals surface area contributed by atoms with Crippen LogP contribution in [0.1, 0.15) is 24.9 Å². The highest BCUT2D eigenvalue weighted by atomic mass is 32.2. The van der Waals surface area contributed by atoms with Crippen LogP contribution in [0.2, 0.25) is 0 Å². The van der Waals surface area contributed by atoms with Gasteiger partial charge in [-0.3, -0.25) is 4.79 Å². The zero-order chi connectivity index (χ0) is 15.2. The van der Waals surface area contributed by atoms with Gasteiger partial charge in [-0.2, -0.15) is 0 Å². The molecule has 0 saturated carbocycles. The molecule has 1 aromatic rings. The lowest BCUT2D eigenvalue weighted by molar-refractivity contribution is -0.121. The van der Waals surface area contributed by atoms with E-state index in [2.05, 4.69) is 10.0 Å². The number of amides is 1. The molecule has 0 saturated heterocycles. The Kier molecular flexibility index (Phi) is 5.97. The van der Waals surface area contributed by atoms with E-state index in [-0.39, 0.29) is 12.3 Å². The summed E-state index contributed by atoms with van der Waals surface area (Å²) < 4.78 is 30.3. The van der Waals surface area contributed by atoms with Crippen LogP contribution in [0, 0.1) is 0 Å². The second kappa shape index (κ2) is 7.25. The lowest BCUT2D eigenvalue weighted by Crippen LogP contribution is -2.33. The average molecular weight is 300 g/mol. The van der Waals surface area contributed by atoms with Gasteiger partial charge in [-0.05, 0) is 24.6 Å². The highest BCUT2D eigenvalue weighted by Crippen LogP contribution is 2.21. The van der Waals surface area contributed by atoms with Crippen molar-refractivity contribution >= 4 is 15.9 Å². The first-order chi connectivity index (χ1) is 9.35. The summed E-state index contributed by atoms with van der Waals surface area (Å²) in [6.45, 7) is 2.32. The van der Waals surface area contributed by atoms with E-state index in [1.807, 2.05) is 6.92 Å². The largest absolute Gasteiger partial charge is 0.497 e. The van der Waals surface area contributed by atoms with Crippen molar-refractivity contribution in [3.05, 3.63) is 29.8 Å². The van der Waals surface area contributed by atoms with Gasteiger partial charge < -0.3 is 10.1 Å². The van der Waals surface area contributed by atoms with E-state index in [0.29, 0.717) is 17.9 Å². The predicted octanol–water partition coefficient (Wildman–Crippen LogP) is 0.812. The van der Waals surface area contributed by atoms with Gasteiger partial charge in [-0.1, -0.05) is 12.1 Å². The molecule has 0 bridgehead atoms. The van der Waals surface area contributed by atoms with Gasteiger partial charge in [0.1, 0.15) is 5.75 Å². The molecule has 0 fully saturated rings. The Morgan fingerprint density at radius 3 is 2.35 bits per heavy atom. The van der Waals surface area contributed by atoms with E-state index in [1.54, 1.807) is 31.4 Å². The lowest BCUT2D eigenvalue weighted by Gasteiger charge is -2.17. The van der Waals surface area contributed by atoms with E-state index in [1.165, 1.54) is 0 Å². The van der Waals surface area contributed by atoms with E-state index < -0.39 is 16.1 Å². The minimum Gasteiger partial charge on any atom is -0.497 e. The van der Waals surface area contributed by atoms with Crippen LogP contribution in [0.4, 0.5) is 0 Å². The number of rotatable bonds is 7. The zero-order valence-electron chi connectivity index (χ0n) is 11.8. The standard InChI is InChI=1S/C13H20N2O4S/c1-4-14-13(16)9-12(15-20(3,17)18)10-5-7-11(19-2)8-6-10/h5-8,12,15H,4,9H2,1-3H3,(H,14,16). The summed E-state index contributed by atoms with van der Waals surface area (Å²) in [5, 5.41) is 2.66. The second-order valence-corrected chi connectivity index (χ2v) is 6.15. The Hall–Kier alpha value is -1.60. The maximum atomic E-state index is 11.7. The van der Waals surface area contributed by atoms with Crippen molar-refractivity contribution in [1.82, 2.24) is 10.0 Å². The summed E-state index contributed by atoms with van der Waals surface area (Å²) in [6.07, 6.45) is 1.12.